The van der Waals surface area contributed by atoms with Gasteiger partial charge in [-0.25, -0.2) is 0 Å². The van der Waals surface area contributed by atoms with Crippen molar-refractivity contribution in [1.29, 1.82) is 0 Å². The summed E-state index contributed by atoms with van der Waals surface area (Å²) in [5, 5.41) is 0. The maximum Gasteiger partial charge on any atom is 0.226 e. The number of hydrogen-bond donors (Lipinski definition) is 0. The van der Waals surface area contributed by atoms with Crippen molar-refractivity contribution in [2.75, 3.05) is 40.4 Å². The predicted molar refractivity (Wildman–Crippen MR) is 127 cm³/mol. The van der Waals surface area contributed by atoms with Crippen LogP contribution in [0.1, 0.15) is 36.8 Å². The van der Waals surface area contributed by atoms with E-state index in [1.807, 2.05) is 12.1 Å². The van der Waals surface area contributed by atoms with E-state index in [0.717, 1.165) is 81.9 Å². The number of piperidine rings is 2. The summed E-state index contributed by atoms with van der Waals surface area (Å²) < 4.78 is 10.9. The fraction of sp³-hybridized carbons (Fsp3) is 0.519. The third-order valence-corrected chi connectivity index (χ3v) is 7.04. The SMILES string of the molecule is COc1ccc(CN2CCC[C@@H](C(=O)N3CCC(Cc4ccccc4)CC3)C2)c(OC)c1. The number of amides is 1. The quantitative estimate of drug-likeness (QED) is 0.645. The van der Waals surface area contributed by atoms with Gasteiger partial charge in [0.2, 0.25) is 5.91 Å². The van der Waals surface area contributed by atoms with Gasteiger partial charge in [-0.3, -0.25) is 9.69 Å². The molecular weight excluding hydrogens is 400 g/mol. The van der Waals surface area contributed by atoms with Gasteiger partial charge in [0, 0.05) is 37.8 Å². The fourth-order valence-electron chi connectivity index (χ4n) is 5.19. The average Bonchev–Trinajstić information content (AvgIpc) is 2.85. The molecule has 2 aliphatic rings. The van der Waals surface area contributed by atoms with Crippen molar-refractivity contribution in [3.8, 4) is 11.5 Å². The average molecular weight is 437 g/mol. The van der Waals surface area contributed by atoms with Gasteiger partial charge in [0.25, 0.3) is 0 Å². The van der Waals surface area contributed by atoms with Crippen molar-refractivity contribution < 1.29 is 14.3 Å². The lowest BCUT2D eigenvalue weighted by Crippen LogP contribution is -2.47. The third-order valence-electron chi connectivity index (χ3n) is 7.04. The van der Waals surface area contributed by atoms with E-state index in [-0.39, 0.29) is 5.92 Å². The minimum Gasteiger partial charge on any atom is -0.497 e. The van der Waals surface area contributed by atoms with Crippen LogP contribution in [-0.4, -0.2) is 56.1 Å². The standard InChI is InChI=1S/C27H36N2O3/c1-31-25-11-10-23(26(18-25)32-2)19-28-14-6-9-24(20-28)27(30)29-15-12-22(13-16-29)17-21-7-4-3-5-8-21/h3-5,7-8,10-11,18,22,24H,6,9,12-17,19-20H2,1-2H3/t24-/m1/s1. The molecule has 0 unspecified atom stereocenters. The van der Waals surface area contributed by atoms with Crippen LogP contribution in [0.25, 0.3) is 0 Å². The van der Waals surface area contributed by atoms with E-state index >= 15 is 0 Å². The van der Waals surface area contributed by atoms with Crippen LogP contribution in [0.5, 0.6) is 11.5 Å². The molecule has 1 atom stereocenters. The molecule has 0 spiro atoms. The number of rotatable bonds is 7. The molecular formula is C27H36N2O3. The molecule has 172 valence electrons. The van der Waals surface area contributed by atoms with E-state index in [2.05, 4.69) is 46.2 Å². The summed E-state index contributed by atoms with van der Waals surface area (Å²) in [5.41, 5.74) is 2.55. The Bertz CT molecular complexity index is 878. The Morgan fingerprint density at radius 2 is 1.75 bits per heavy atom. The van der Waals surface area contributed by atoms with Crippen LogP contribution in [0, 0.1) is 11.8 Å². The molecule has 0 aliphatic carbocycles. The second kappa shape index (κ2) is 10.9. The summed E-state index contributed by atoms with van der Waals surface area (Å²) in [6, 6.07) is 16.7. The van der Waals surface area contributed by atoms with Crippen LogP contribution in [0.4, 0.5) is 0 Å². The third kappa shape index (κ3) is 5.63. The van der Waals surface area contributed by atoms with Gasteiger partial charge in [0.1, 0.15) is 11.5 Å². The Morgan fingerprint density at radius 3 is 2.47 bits per heavy atom. The van der Waals surface area contributed by atoms with E-state index in [0.29, 0.717) is 11.8 Å². The smallest absolute Gasteiger partial charge is 0.226 e. The second-order valence-corrected chi connectivity index (χ2v) is 9.21. The van der Waals surface area contributed by atoms with Crippen LogP contribution in [0.3, 0.4) is 0 Å². The first kappa shape index (κ1) is 22.7. The van der Waals surface area contributed by atoms with Gasteiger partial charge in [0.05, 0.1) is 20.1 Å². The number of hydrogen-bond acceptors (Lipinski definition) is 4. The van der Waals surface area contributed by atoms with Gasteiger partial charge in [-0.1, -0.05) is 36.4 Å². The molecule has 2 fully saturated rings. The Morgan fingerprint density at radius 1 is 0.969 bits per heavy atom. The van der Waals surface area contributed by atoms with Crippen molar-refractivity contribution in [3.63, 3.8) is 0 Å². The highest BCUT2D eigenvalue weighted by Crippen LogP contribution is 2.29. The number of benzene rings is 2. The zero-order valence-electron chi connectivity index (χ0n) is 19.5. The molecule has 2 aliphatic heterocycles. The van der Waals surface area contributed by atoms with Crippen molar-refractivity contribution in [3.05, 3.63) is 59.7 Å². The Labute approximate surface area is 192 Å². The predicted octanol–water partition coefficient (Wildman–Crippen LogP) is 4.40. The molecule has 0 aromatic heterocycles. The summed E-state index contributed by atoms with van der Waals surface area (Å²) >= 11 is 0. The van der Waals surface area contributed by atoms with Gasteiger partial charge >= 0.3 is 0 Å². The molecule has 5 nitrogen and oxygen atoms in total. The van der Waals surface area contributed by atoms with E-state index in [1.165, 1.54) is 5.56 Å². The number of carbonyl (C=O) groups is 1. The summed E-state index contributed by atoms with van der Waals surface area (Å²) in [4.78, 5) is 17.8. The Kier molecular flexibility index (Phi) is 7.69. The van der Waals surface area contributed by atoms with Gasteiger partial charge in [-0.05, 0) is 56.2 Å². The lowest BCUT2D eigenvalue weighted by atomic mass is 9.89. The van der Waals surface area contributed by atoms with Gasteiger partial charge in [0.15, 0.2) is 0 Å². The molecule has 0 N–H and O–H groups in total. The van der Waals surface area contributed by atoms with E-state index in [4.69, 9.17) is 9.47 Å². The number of methoxy groups -OCH3 is 2. The summed E-state index contributed by atoms with van der Waals surface area (Å²) in [5.74, 6) is 2.80. The maximum atomic E-state index is 13.3. The zero-order valence-corrected chi connectivity index (χ0v) is 19.5. The first-order chi connectivity index (χ1) is 15.7. The molecule has 4 rings (SSSR count). The van der Waals surface area contributed by atoms with E-state index < -0.39 is 0 Å². The minimum absolute atomic E-state index is 0.110. The van der Waals surface area contributed by atoms with Crippen LogP contribution in [-0.2, 0) is 17.8 Å². The molecule has 0 saturated carbocycles. The monoisotopic (exact) mass is 436 g/mol. The van der Waals surface area contributed by atoms with Crippen LogP contribution >= 0.6 is 0 Å². The topological polar surface area (TPSA) is 42.0 Å². The summed E-state index contributed by atoms with van der Waals surface area (Å²) in [6.45, 7) is 4.46. The van der Waals surface area contributed by atoms with E-state index in [1.54, 1.807) is 14.2 Å². The summed E-state index contributed by atoms with van der Waals surface area (Å²) in [7, 11) is 3.36. The van der Waals surface area contributed by atoms with Crippen LogP contribution < -0.4 is 9.47 Å². The van der Waals surface area contributed by atoms with Crippen molar-refractivity contribution in [2.45, 2.75) is 38.6 Å². The molecule has 2 aromatic carbocycles. The Balaban J connectivity index is 1.29. The van der Waals surface area contributed by atoms with Crippen molar-refractivity contribution >= 4 is 5.91 Å². The highest BCUT2D eigenvalue weighted by Gasteiger charge is 2.31. The molecule has 5 heteroatoms. The van der Waals surface area contributed by atoms with Gasteiger partial charge in [-0.2, -0.15) is 0 Å². The molecule has 2 heterocycles. The van der Waals surface area contributed by atoms with Crippen LogP contribution in [0.15, 0.2) is 48.5 Å². The highest BCUT2D eigenvalue weighted by molar-refractivity contribution is 5.79. The maximum absolute atomic E-state index is 13.3. The lowest BCUT2D eigenvalue weighted by Gasteiger charge is -2.38. The number of likely N-dealkylation sites (tertiary alicyclic amines) is 2. The van der Waals surface area contributed by atoms with Gasteiger partial charge in [-0.15, -0.1) is 0 Å². The first-order valence-corrected chi connectivity index (χ1v) is 11.9. The zero-order chi connectivity index (χ0) is 22.3. The number of nitrogens with zero attached hydrogens (tertiary/aromatic N) is 2. The van der Waals surface area contributed by atoms with Crippen molar-refractivity contribution in [2.24, 2.45) is 11.8 Å². The molecule has 0 bridgehead atoms. The Hall–Kier alpha value is -2.53. The van der Waals surface area contributed by atoms with Crippen molar-refractivity contribution in [1.82, 2.24) is 9.80 Å². The van der Waals surface area contributed by atoms with Crippen LogP contribution in [0.2, 0.25) is 0 Å². The number of ether oxygens (including phenoxy) is 2. The van der Waals surface area contributed by atoms with E-state index in [9.17, 15) is 4.79 Å². The normalized spacial score (nSPS) is 20.2. The largest absolute Gasteiger partial charge is 0.497 e. The number of carbonyl (C=O) groups excluding carboxylic acids is 1. The molecule has 2 aromatic rings. The molecule has 1 amide bonds. The lowest BCUT2D eigenvalue weighted by molar-refractivity contribution is -0.138. The second-order valence-electron chi connectivity index (χ2n) is 9.21. The first-order valence-electron chi connectivity index (χ1n) is 11.9. The minimum atomic E-state index is 0.110. The molecule has 0 radical (unpaired) electrons. The summed E-state index contributed by atoms with van der Waals surface area (Å²) in [6.07, 6.45) is 5.42. The van der Waals surface area contributed by atoms with Gasteiger partial charge < -0.3 is 14.4 Å². The molecule has 2 saturated heterocycles. The highest BCUT2D eigenvalue weighted by atomic mass is 16.5. The fourth-order valence-corrected chi connectivity index (χ4v) is 5.19. The molecule has 32 heavy (non-hydrogen) atoms.